The van der Waals surface area contributed by atoms with Crippen molar-refractivity contribution in [3.05, 3.63) is 96.1 Å². The van der Waals surface area contributed by atoms with Crippen molar-refractivity contribution < 1.29 is 8.78 Å². The zero-order chi connectivity index (χ0) is 22.3. The molecule has 8 heteroatoms. The molecule has 2 N–H and O–H groups in total. The summed E-state index contributed by atoms with van der Waals surface area (Å²) in [6.45, 7) is 1.94. The standard InChI is InChI=1S/C24H22F2N6/c25-21-13-17(3-5-19(21)23-28-8-1-9-29-23)15-32(12-7-27)16-18-4-6-20(22(26)14-18)24-30-10-2-11-31-24/h1-6,8-11,13-14H,7,12,15-16,27H2. The van der Waals surface area contributed by atoms with Crippen LogP contribution >= 0.6 is 0 Å². The fourth-order valence-corrected chi connectivity index (χ4v) is 3.47. The normalized spacial score (nSPS) is 11.1. The minimum absolute atomic E-state index is 0.341. The Bertz CT molecular complexity index is 1080. The number of halogens is 2. The minimum Gasteiger partial charge on any atom is -0.329 e. The number of nitrogens with zero attached hydrogens (tertiary/aromatic N) is 5. The summed E-state index contributed by atoms with van der Waals surface area (Å²) in [5.74, 6) is -0.0963. The molecule has 0 fully saturated rings. The summed E-state index contributed by atoms with van der Waals surface area (Å²) in [6.07, 6.45) is 6.31. The van der Waals surface area contributed by atoms with Crippen LogP contribution in [0.4, 0.5) is 8.78 Å². The van der Waals surface area contributed by atoms with Crippen LogP contribution in [0.25, 0.3) is 22.8 Å². The zero-order valence-corrected chi connectivity index (χ0v) is 17.3. The number of nitrogens with two attached hydrogens (primary N) is 1. The van der Waals surface area contributed by atoms with E-state index in [0.717, 1.165) is 11.1 Å². The van der Waals surface area contributed by atoms with E-state index in [2.05, 4.69) is 19.9 Å². The maximum Gasteiger partial charge on any atom is 0.162 e. The van der Waals surface area contributed by atoms with Crippen LogP contribution in [0, 0.1) is 11.6 Å². The van der Waals surface area contributed by atoms with Gasteiger partial charge in [0.25, 0.3) is 0 Å². The molecule has 0 bridgehead atoms. The van der Waals surface area contributed by atoms with Gasteiger partial charge in [-0.1, -0.05) is 12.1 Å². The third kappa shape index (κ3) is 5.16. The average molecular weight is 432 g/mol. The van der Waals surface area contributed by atoms with E-state index in [-0.39, 0.29) is 11.6 Å². The highest BCUT2D eigenvalue weighted by molar-refractivity contribution is 5.57. The third-order valence-corrected chi connectivity index (χ3v) is 4.94. The lowest BCUT2D eigenvalue weighted by Gasteiger charge is -2.22. The molecule has 0 aliphatic rings. The number of rotatable bonds is 8. The quantitative estimate of drug-likeness (QED) is 0.456. The summed E-state index contributed by atoms with van der Waals surface area (Å²) in [7, 11) is 0. The van der Waals surface area contributed by atoms with Crippen molar-refractivity contribution in [3.63, 3.8) is 0 Å². The zero-order valence-electron chi connectivity index (χ0n) is 17.3. The van der Waals surface area contributed by atoms with Crippen molar-refractivity contribution in [1.29, 1.82) is 0 Å². The van der Waals surface area contributed by atoms with Gasteiger partial charge in [0.15, 0.2) is 11.6 Å². The second-order valence-corrected chi connectivity index (χ2v) is 7.27. The second-order valence-electron chi connectivity index (χ2n) is 7.27. The van der Waals surface area contributed by atoms with Gasteiger partial charge >= 0.3 is 0 Å². The SMILES string of the molecule is NCCN(Cc1ccc(-c2ncccn2)c(F)c1)Cc1ccc(-c2ncccn2)c(F)c1. The van der Waals surface area contributed by atoms with Gasteiger partial charge in [-0.05, 0) is 47.5 Å². The Morgan fingerprint density at radius 3 is 1.50 bits per heavy atom. The van der Waals surface area contributed by atoms with Crippen LogP contribution in [-0.4, -0.2) is 37.9 Å². The fraction of sp³-hybridized carbons (Fsp3) is 0.167. The van der Waals surface area contributed by atoms with Gasteiger partial charge < -0.3 is 5.73 Å². The Morgan fingerprint density at radius 1 is 0.688 bits per heavy atom. The van der Waals surface area contributed by atoms with Crippen molar-refractivity contribution in [2.75, 3.05) is 13.1 Å². The van der Waals surface area contributed by atoms with Crippen molar-refractivity contribution in [3.8, 4) is 22.8 Å². The average Bonchev–Trinajstić information content (AvgIpc) is 2.81. The van der Waals surface area contributed by atoms with E-state index >= 15 is 0 Å². The first-order valence-electron chi connectivity index (χ1n) is 10.2. The van der Waals surface area contributed by atoms with Crippen molar-refractivity contribution >= 4 is 0 Å². The molecule has 0 spiro atoms. The van der Waals surface area contributed by atoms with E-state index in [0.29, 0.717) is 49.0 Å². The fourth-order valence-electron chi connectivity index (χ4n) is 3.47. The monoisotopic (exact) mass is 432 g/mol. The molecule has 0 saturated heterocycles. The van der Waals surface area contributed by atoms with Gasteiger partial charge in [0.2, 0.25) is 0 Å². The van der Waals surface area contributed by atoms with Crippen LogP contribution in [0.5, 0.6) is 0 Å². The third-order valence-electron chi connectivity index (χ3n) is 4.94. The first-order chi connectivity index (χ1) is 15.6. The molecule has 0 aliphatic heterocycles. The predicted molar refractivity (Wildman–Crippen MR) is 118 cm³/mol. The van der Waals surface area contributed by atoms with Gasteiger partial charge in [0.1, 0.15) is 11.6 Å². The van der Waals surface area contributed by atoms with E-state index in [9.17, 15) is 8.78 Å². The lowest BCUT2D eigenvalue weighted by Crippen LogP contribution is -2.28. The van der Waals surface area contributed by atoms with Crippen LogP contribution in [0.1, 0.15) is 11.1 Å². The summed E-state index contributed by atoms with van der Waals surface area (Å²) >= 11 is 0. The predicted octanol–water partition coefficient (Wildman–Crippen LogP) is 3.84. The molecule has 0 saturated carbocycles. The molecule has 162 valence electrons. The van der Waals surface area contributed by atoms with Gasteiger partial charge in [-0.15, -0.1) is 0 Å². The van der Waals surface area contributed by atoms with E-state index in [1.807, 2.05) is 17.0 Å². The summed E-state index contributed by atoms with van der Waals surface area (Å²) in [4.78, 5) is 18.4. The minimum atomic E-state index is -0.389. The first kappa shape index (κ1) is 21.6. The summed E-state index contributed by atoms with van der Waals surface area (Å²) < 4.78 is 29.3. The van der Waals surface area contributed by atoms with Gasteiger partial charge in [0, 0.05) is 51.0 Å². The molecule has 2 heterocycles. The Morgan fingerprint density at radius 2 is 1.12 bits per heavy atom. The molecule has 0 amide bonds. The van der Waals surface area contributed by atoms with Crippen molar-refractivity contribution in [2.24, 2.45) is 5.73 Å². The number of hydrogen-bond donors (Lipinski definition) is 1. The van der Waals surface area contributed by atoms with E-state index in [4.69, 9.17) is 5.73 Å². The Labute approximate surface area is 184 Å². The number of hydrogen-bond acceptors (Lipinski definition) is 6. The lowest BCUT2D eigenvalue weighted by atomic mass is 10.1. The topological polar surface area (TPSA) is 80.8 Å². The highest BCUT2D eigenvalue weighted by atomic mass is 19.1. The van der Waals surface area contributed by atoms with Crippen LogP contribution in [0.15, 0.2) is 73.3 Å². The molecular formula is C24H22F2N6. The van der Waals surface area contributed by atoms with Crippen molar-refractivity contribution in [1.82, 2.24) is 24.8 Å². The van der Waals surface area contributed by atoms with Gasteiger partial charge in [0.05, 0.1) is 11.1 Å². The van der Waals surface area contributed by atoms with Crippen LogP contribution in [0.2, 0.25) is 0 Å². The number of benzene rings is 2. The van der Waals surface area contributed by atoms with Gasteiger partial charge in [-0.25, -0.2) is 28.7 Å². The van der Waals surface area contributed by atoms with E-state index < -0.39 is 0 Å². The Balaban J connectivity index is 1.50. The molecule has 4 rings (SSSR count). The Hall–Kier alpha value is -3.62. The largest absolute Gasteiger partial charge is 0.329 e. The molecule has 0 aliphatic carbocycles. The first-order valence-corrected chi connectivity index (χ1v) is 10.2. The molecular weight excluding hydrogens is 410 g/mol. The van der Waals surface area contributed by atoms with Gasteiger partial charge in [-0.3, -0.25) is 4.90 Å². The molecule has 6 nitrogen and oxygen atoms in total. The number of aromatic nitrogens is 4. The van der Waals surface area contributed by atoms with Crippen LogP contribution in [0.3, 0.4) is 0 Å². The van der Waals surface area contributed by atoms with Crippen molar-refractivity contribution in [2.45, 2.75) is 13.1 Å². The lowest BCUT2D eigenvalue weighted by molar-refractivity contribution is 0.263. The molecule has 4 aromatic rings. The van der Waals surface area contributed by atoms with Crippen LogP contribution < -0.4 is 5.73 Å². The smallest absolute Gasteiger partial charge is 0.162 e. The van der Waals surface area contributed by atoms with E-state index in [1.54, 1.807) is 49.1 Å². The summed E-state index contributed by atoms with van der Waals surface area (Å²) in [6, 6.07) is 13.4. The summed E-state index contributed by atoms with van der Waals surface area (Å²) in [5.41, 5.74) is 8.03. The highest BCUT2D eigenvalue weighted by Crippen LogP contribution is 2.23. The second kappa shape index (κ2) is 10.1. The Kier molecular flexibility index (Phi) is 6.84. The molecule has 2 aromatic carbocycles. The molecule has 0 unspecified atom stereocenters. The summed E-state index contributed by atoms with van der Waals surface area (Å²) in [5, 5.41) is 0. The highest BCUT2D eigenvalue weighted by Gasteiger charge is 2.13. The molecule has 32 heavy (non-hydrogen) atoms. The van der Waals surface area contributed by atoms with Crippen LogP contribution in [-0.2, 0) is 13.1 Å². The molecule has 0 atom stereocenters. The van der Waals surface area contributed by atoms with E-state index in [1.165, 1.54) is 12.1 Å². The van der Waals surface area contributed by atoms with Gasteiger partial charge in [-0.2, -0.15) is 0 Å². The maximum absolute atomic E-state index is 14.7. The molecule has 2 aromatic heterocycles. The molecule has 0 radical (unpaired) electrons. The maximum atomic E-state index is 14.7.